The normalized spacial score (nSPS) is 23.5. The molecule has 0 saturated heterocycles. The highest BCUT2D eigenvalue weighted by Crippen LogP contribution is 2.52. The van der Waals surface area contributed by atoms with Crippen molar-refractivity contribution in [1.82, 2.24) is 9.47 Å². The Morgan fingerprint density at radius 1 is 0.481 bits per heavy atom. The highest BCUT2D eigenvalue weighted by Gasteiger charge is 2.35. The molecule has 0 bridgehead atoms. The van der Waals surface area contributed by atoms with Gasteiger partial charge in [-0.05, 0) is 124 Å². The van der Waals surface area contributed by atoms with Gasteiger partial charge in [-0.3, -0.25) is 0 Å². The van der Waals surface area contributed by atoms with Crippen molar-refractivity contribution in [3.63, 3.8) is 0 Å². The molecule has 6 heteroatoms. The van der Waals surface area contributed by atoms with Crippen LogP contribution in [0.4, 0.5) is 39.8 Å². The SMILES string of the molecule is CC1CCC(N2C=CN(c3ccc4c(c3)N(c3cccc(N5CN(C6CCC(C)CC6)c6ccccc65)c3)c3cccc5c6ccccc6n-4c35)C2)CC1. The van der Waals surface area contributed by atoms with E-state index in [1.54, 1.807) is 0 Å². The maximum absolute atomic E-state index is 2.69. The zero-order chi connectivity index (χ0) is 35.9. The van der Waals surface area contributed by atoms with Gasteiger partial charge in [0.15, 0.2) is 0 Å². The summed E-state index contributed by atoms with van der Waals surface area (Å²) >= 11 is 0. The van der Waals surface area contributed by atoms with Crippen LogP contribution in [0.1, 0.15) is 65.2 Å². The number of para-hydroxylation sites is 4. The lowest BCUT2D eigenvalue weighted by atomic mass is 9.86. The molecule has 0 unspecified atom stereocenters. The van der Waals surface area contributed by atoms with E-state index in [1.807, 2.05) is 0 Å². The third-order valence-electron chi connectivity index (χ3n) is 13.5. The van der Waals surface area contributed by atoms with Crippen molar-refractivity contribution >= 4 is 61.6 Å². The molecule has 272 valence electrons. The van der Waals surface area contributed by atoms with Gasteiger partial charge in [0.1, 0.15) is 0 Å². The third-order valence-corrected chi connectivity index (χ3v) is 13.5. The summed E-state index contributed by atoms with van der Waals surface area (Å²) in [5.74, 6) is 1.69. The second kappa shape index (κ2) is 12.6. The van der Waals surface area contributed by atoms with Crippen LogP contribution >= 0.6 is 0 Å². The quantitative estimate of drug-likeness (QED) is 0.177. The number of fused-ring (bicyclic) bond motifs is 6. The van der Waals surface area contributed by atoms with Crippen LogP contribution in [0.2, 0.25) is 0 Å². The fourth-order valence-electron chi connectivity index (χ4n) is 10.4. The summed E-state index contributed by atoms with van der Waals surface area (Å²) in [5.41, 5.74) is 12.5. The molecule has 0 radical (unpaired) electrons. The Morgan fingerprint density at radius 2 is 1.17 bits per heavy atom. The molecule has 1 aromatic heterocycles. The maximum Gasteiger partial charge on any atom is 0.0955 e. The van der Waals surface area contributed by atoms with Crippen LogP contribution in [-0.4, -0.2) is 34.9 Å². The summed E-state index contributed by atoms with van der Waals surface area (Å²) in [5, 5.41) is 2.59. The van der Waals surface area contributed by atoms with E-state index >= 15 is 0 Å². The number of rotatable bonds is 5. The average molecular weight is 711 g/mol. The minimum atomic E-state index is 0.597. The fraction of sp³-hybridized carbons (Fsp3) is 0.333. The zero-order valence-electron chi connectivity index (χ0n) is 31.6. The predicted octanol–water partition coefficient (Wildman–Crippen LogP) is 12.2. The molecule has 6 nitrogen and oxygen atoms in total. The monoisotopic (exact) mass is 710 g/mol. The molecule has 54 heavy (non-hydrogen) atoms. The molecule has 2 fully saturated rings. The van der Waals surface area contributed by atoms with Gasteiger partial charge in [-0.25, -0.2) is 0 Å². The Balaban J connectivity index is 1.01. The van der Waals surface area contributed by atoms with Gasteiger partial charge in [-0.15, -0.1) is 0 Å². The van der Waals surface area contributed by atoms with Crippen LogP contribution in [0.5, 0.6) is 0 Å². The van der Waals surface area contributed by atoms with Gasteiger partial charge < -0.3 is 29.1 Å². The van der Waals surface area contributed by atoms with Gasteiger partial charge in [-0.1, -0.05) is 62.4 Å². The van der Waals surface area contributed by atoms with Crippen LogP contribution < -0.4 is 19.6 Å². The Labute approximate surface area is 319 Å². The molecule has 11 rings (SSSR count). The van der Waals surface area contributed by atoms with Gasteiger partial charge in [0.2, 0.25) is 0 Å². The lowest BCUT2D eigenvalue weighted by Crippen LogP contribution is -2.39. The molecule has 4 heterocycles. The van der Waals surface area contributed by atoms with Crippen molar-refractivity contribution in [3.8, 4) is 5.69 Å². The molecule has 0 N–H and O–H groups in total. The average Bonchev–Trinajstić information content (AvgIpc) is 3.95. The number of nitrogens with zero attached hydrogens (tertiary/aromatic N) is 6. The van der Waals surface area contributed by atoms with E-state index in [1.165, 1.54) is 119 Å². The number of benzene rings is 5. The van der Waals surface area contributed by atoms with Gasteiger partial charge >= 0.3 is 0 Å². The number of anilines is 7. The van der Waals surface area contributed by atoms with Crippen molar-refractivity contribution in [1.29, 1.82) is 0 Å². The van der Waals surface area contributed by atoms with E-state index in [0.29, 0.717) is 12.1 Å². The number of aromatic nitrogens is 1. The Morgan fingerprint density at radius 3 is 2.00 bits per heavy atom. The summed E-state index contributed by atoms with van der Waals surface area (Å²) < 4.78 is 2.51. The largest absolute Gasteiger partial charge is 0.355 e. The zero-order valence-corrected chi connectivity index (χ0v) is 31.6. The minimum Gasteiger partial charge on any atom is -0.355 e. The predicted molar refractivity (Wildman–Crippen MR) is 226 cm³/mol. The van der Waals surface area contributed by atoms with Crippen LogP contribution in [0.25, 0.3) is 27.5 Å². The van der Waals surface area contributed by atoms with Gasteiger partial charge in [0.05, 0.1) is 52.8 Å². The third kappa shape index (κ3) is 5.05. The summed E-state index contributed by atoms with van der Waals surface area (Å²) in [6.07, 6.45) is 15.1. The van der Waals surface area contributed by atoms with Gasteiger partial charge in [-0.2, -0.15) is 0 Å². The first-order valence-electron chi connectivity index (χ1n) is 20.5. The summed E-state index contributed by atoms with van der Waals surface area (Å²) in [7, 11) is 0. The molecular weight excluding hydrogens is 661 g/mol. The van der Waals surface area contributed by atoms with Crippen LogP contribution in [0.3, 0.4) is 0 Å². The van der Waals surface area contributed by atoms with E-state index in [-0.39, 0.29) is 0 Å². The molecule has 0 spiro atoms. The van der Waals surface area contributed by atoms with E-state index < -0.39 is 0 Å². The fourth-order valence-corrected chi connectivity index (χ4v) is 10.4. The molecule has 2 aliphatic carbocycles. The molecule has 0 atom stereocenters. The van der Waals surface area contributed by atoms with Gasteiger partial charge in [0.25, 0.3) is 0 Å². The standard InChI is InChI=1S/C48H50N6/c1-33-17-21-35(22-18-33)49-27-28-50(31-49)37-25-26-45-47(30-37)53(46-16-8-12-41-40-11-3-4-13-42(40)54(45)48(41)46)39-10-7-9-38(29-39)52-32-51(36-23-19-34(2)20-24-36)43-14-5-6-15-44(43)52/h3-16,25-30,33-36H,17-24,31-32H2,1-2H3. The molecular formula is C48H50N6. The molecule has 5 aliphatic rings. The topological polar surface area (TPSA) is 21.1 Å². The summed E-state index contributed by atoms with van der Waals surface area (Å²) in [6.45, 7) is 6.63. The Bertz CT molecular complexity index is 2410. The maximum atomic E-state index is 2.69. The van der Waals surface area contributed by atoms with Crippen molar-refractivity contribution in [2.45, 2.75) is 77.3 Å². The smallest absolute Gasteiger partial charge is 0.0955 e. The first kappa shape index (κ1) is 32.1. The highest BCUT2D eigenvalue weighted by atomic mass is 15.4. The first-order valence-corrected chi connectivity index (χ1v) is 20.5. The van der Waals surface area contributed by atoms with Crippen LogP contribution in [0, 0.1) is 11.8 Å². The van der Waals surface area contributed by atoms with Crippen molar-refractivity contribution in [3.05, 3.63) is 122 Å². The summed E-state index contributed by atoms with van der Waals surface area (Å²) in [4.78, 5) is 12.8. The van der Waals surface area contributed by atoms with Crippen molar-refractivity contribution < 1.29 is 0 Å². The Hall–Kier alpha value is -5.36. The molecule has 6 aromatic rings. The minimum absolute atomic E-state index is 0.597. The summed E-state index contributed by atoms with van der Waals surface area (Å²) in [6, 6.07) is 42.5. The number of hydrogen-bond acceptors (Lipinski definition) is 5. The number of hydrogen-bond donors (Lipinski definition) is 0. The molecule has 3 aliphatic heterocycles. The highest BCUT2D eigenvalue weighted by molar-refractivity contribution is 6.16. The van der Waals surface area contributed by atoms with Gasteiger partial charge in [0, 0.05) is 52.3 Å². The molecule has 0 amide bonds. The van der Waals surface area contributed by atoms with E-state index in [2.05, 4.69) is 165 Å². The van der Waals surface area contributed by atoms with Crippen LogP contribution in [-0.2, 0) is 0 Å². The van der Waals surface area contributed by atoms with Crippen LogP contribution in [0.15, 0.2) is 122 Å². The molecule has 2 saturated carbocycles. The second-order valence-electron chi connectivity index (χ2n) is 16.8. The second-order valence-corrected chi connectivity index (χ2v) is 16.8. The lowest BCUT2D eigenvalue weighted by Gasteiger charge is -2.36. The first-order chi connectivity index (χ1) is 26.6. The van der Waals surface area contributed by atoms with E-state index in [9.17, 15) is 0 Å². The lowest BCUT2D eigenvalue weighted by molar-refractivity contribution is 0.203. The van der Waals surface area contributed by atoms with E-state index in [0.717, 1.165) is 25.2 Å². The van der Waals surface area contributed by atoms with Crippen molar-refractivity contribution in [2.75, 3.05) is 32.9 Å². The van der Waals surface area contributed by atoms with E-state index in [4.69, 9.17) is 0 Å². The Kier molecular flexibility index (Phi) is 7.50. The van der Waals surface area contributed by atoms with Crippen molar-refractivity contribution in [2.24, 2.45) is 11.8 Å². The molecule has 5 aromatic carbocycles.